The molecular formula is C12H10BrClN4O2. The van der Waals surface area contributed by atoms with Crippen molar-refractivity contribution in [2.75, 3.05) is 17.7 Å². The highest BCUT2D eigenvalue weighted by atomic mass is 79.9. The largest absolute Gasteiger partial charge is 0.373 e. The van der Waals surface area contributed by atoms with Gasteiger partial charge in [0.1, 0.15) is 11.6 Å². The van der Waals surface area contributed by atoms with Crippen LogP contribution in [-0.4, -0.2) is 17.0 Å². The number of aromatic nitrogens is 1. The fourth-order valence-electron chi connectivity index (χ4n) is 1.54. The Morgan fingerprint density at radius 3 is 2.60 bits per heavy atom. The Kier molecular flexibility index (Phi) is 4.41. The first-order chi connectivity index (χ1) is 9.49. The van der Waals surface area contributed by atoms with Crippen LogP contribution in [0.4, 0.5) is 23.0 Å². The molecule has 8 heteroatoms. The summed E-state index contributed by atoms with van der Waals surface area (Å²) >= 11 is 9.22. The van der Waals surface area contributed by atoms with Gasteiger partial charge in [0.05, 0.1) is 22.1 Å². The molecule has 0 aliphatic rings. The molecular weight excluding hydrogens is 348 g/mol. The molecule has 0 bridgehead atoms. The molecule has 6 nitrogen and oxygen atoms in total. The standard InChI is InChI=1S/C12H10BrClN4O2/c1-15-11-5-8(18(19)20)6-12(17-11)16-7-2-3-10(14)9(13)4-7/h2-6H,1H3,(H2,15,16,17). The van der Waals surface area contributed by atoms with E-state index in [9.17, 15) is 10.1 Å². The lowest BCUT2D eigenvalue weighted by Crippen LogP contribution is -2.00. The van der Waals surface area contributed by atoms with Crippen LogP contribution in [-0.2, 0) is 0 Å². The summed E-state index contributed by atoms with van der Waals surface area (Å²) in [6.45, 7) is 0. The SMILES string of the molecule is CNc1cc([N+](=O)[O-])cc(Nc2ccc(Cl)c(Br)c2)n1. The summed E-state index contributed by atoms with van der Waals surface area (Å²) in [6.07, 6.45) is 0. The van der Waals surface area contributed by atoms with E-state index in [0.717, 1.165) is 10.2 Å². The Labute approximate surface area is 128 Å². The van der Waals surface area contributed by atoms with Crippen LogP contribution in [0.1, 0.15) is 0 Å². The van der Waals surface area contributed by atoms with Crippen molar-refractivity contribution in [2.24, 2.45) is 0 Å². The van der Waals surface area contributed by atoms with Crippen molar-refractivity contribution in [1.82, 2.24) is 4.98 Å². The van der Waals surface area contributed by atoms with Crippen LogP contribution in [0.2, 0.25) is 5.02 Å². The Morgan fingerprint density at radius 2 is 2.00 bits per heavy atom. The fraction of sp³-hybridized carbons (Fsp3) is 0.0833. The number of nitrogens with one attached hydrogen (secondary N) is 2. The van der Waals surface area contributed by atoms with E-state index in [4.69, 9.17) is 11.6 Å². The van der Waals surface area contributed by atoms with Crippen LogP contribution in [0.3, 0.4) is 0 Å². The third kappa shape index (κ3) is 3.37. The van der Waals surface area contributed by atoms with Gasteiger partial charge >= 0.3 is 0 Å². The van der Waals surface area contributed by atoms with Gasteiger partial charge < -0.3 is 10.6 Å². The first-order valence-electron chi connectivity index (χ1n) is 5.56. The van der Waals surface area contributed by atoms with Crippen LogP contribution in [0.15, 0.2) is 34.8 Å². The van der Waals surface area contributed by atoms with E-state index in [1.54, 1.807) is 25.2 Å². The second-order valence-corrected chi connectivity index (χ2v) is 5.12. The molecule has 0 aliphatic heterocycles. The monoisotopic (exact) mass is 356 g/mol. The van der Waals surface area contributed by atoms with Crippen LogP contribution < -0.4 is 10.6 Å². The summed E-state index contributed by atoms with van der Waals surface area (Å²) in [7, 11) is 1.65. The van der Waals surface area contributed by atoms with Crippen molar-refractivity contribution in [1.29, 1.82) is 0 Å². The third-order valence-corrected chi connectivity index (χ3v) is 3.68. The molecule has 1 aromatic heterocycles. The zero-order chi connectivity index (χ0) is 14.7. The Morgan fingerprint density at radius 1 is 1.30 bits per heavy atom. The maximum Gasteiger partial charge on any atom is 0.276 e. The highest BCUT2D eigenvalue weighted by molar-refractivity contribution is 9.10. The normalized spacial score (nSPS) is 10.2. The maximum atomic E-state index is 10.9. The number of nitrogens with zero attached hydrogens (tertiary/aromatic N) is 2. The van der Waals surface area contributed by atoms with E-state index < -0.39 is 4.92 Å². The predicted molar refractivity (Wildman–Crippen MR) is 82.9 cm³/mol. The van der Waals surface area contributed by atoms with Gasteiger partial charge in [-0.15, -0.1) is 0 Å². The summed E-state index contributed by atoms with van der Waals surface area (Å²) in [5.41, 5.74) is 0.677. The van der Waals surface area contributed by atoms with Gasteiger partial charge in [-0.05, 0) is 34.1 Å². The van der Waals surface area contributed by atoms with Gasteiger partial charge in [0.15, 0.2) is 0 Å². The van der Waals surface area contributed by atoms with Gasteiger partial charge in [0.2, 0.25) is 0 Å². The third-order valence-electron chi connectivity index (χ3n) is 2.47. The van der Waals surface area contributed by atoms with Crippen molar-refractivity contribution >= 4 is 50.5 Å². The molecule has 0 radical (unpaired) electrons. The van der Waals surface area contributed by atoms with E-state index in [-0.39, 0.29) is 5.69 Å². The molecule has 0 unspecified atom stereocenters. The number of anilines is 3. The zero-order valence-corrected chi connectivity index (χ0v) is 12.7. The predicted octanol–water partition coefficient (Wildman–Crippen LogP) is 4.19. The second kappa shape index (κ2) is 6.06. The minimum atomic E-state index is -0.467. The Hall–Kier alpha value is -1.86. The van der Waals surface area contributed by atoms with Gasteiger partial charge in [-0.1, -0.05) is 11.6 Å². The number of hydrogen-bond donors (Lipinski definition) is 2. The number of pyridine rings is 1. The Bertz CT molecular complexity index is 666. The van der Waals surface area contributed by atoms with Crippen LogP contribution in [0.5, 0.6) is 0 Å². The van der Waals surface area contributed by atoms with Gasteiger partial charge in [-0.2, -0.15) is 0 Å². The minimum Gasteiger partial charge on any atom is -0.373 e. The molecule has 0 saturated heterocycles. The van der Waals surface area contributed by atoms with Crippen LogP contribution in [0, 0.1) is 10.1 Å². The molecule has 2 N–H and O–H groups in total. The summed E-state index contributed by atoms with van der Waals surface area (Å²) in [4.78, 5) is 14.6. The van der Waals surface area contributed by atoms with Gasteiger partial charge in [0, 0.05) is 17.2 Å². The molecule has 104 valence electrons. The molecule has 2 rings (SSSR count). The molecule has 0 spiro atoms. The first-order valence-corrected chi connectivity index (χ1v) is 6.73. The number of hydrogen-bond acceptors (Lipinski definition) is 5. The van der Waals surface area contributed by atoms with Gasteiger partial charge in [-0.3, -0.25) is 10.1 Å². The van der Waals surface area contributed by atoms with Gasteiger partial charge in [-0.25, -0.2) is 4.98 Å². The maximum absolute atomic E-state index is 10.9. The van der Waals surface area contributed by atoms with E-state index in [1.807, 2.05) is 0 Å². The molecule has 2 aromatic rings. The average molecular weight is 358 g/mol. The molecule has 20 heavy (non-hydrogen) atoms. The fourth-order valence-corrected chi connectivity index (χ4v) is 2.03. The van der Waals surface area contributed by atoms with E-state index in [2.05, 4.69) is 31.5 Å². The molecule has 0 saturated carbocycles. The van der Waals surface area contributed by atoms with Crippen molar-refractivity contribution in [3.63, 3.8) is 0 Å². The lowest BCUT2D eigenvalue weighted by Gasteiger charge is -2.08. The van der Waals surface area contributed by atoms with Crippen molar-refractivity contribution < 1.29 is 4.92 Å². The minimum absolute atomic E-state index is 0.0418. The summed E-state index contributed by atoms with van der Waals surface area (Å²) < 4.78 is 0.725. The highest BCUT2D eigenvalue weighted by Crippen LogP contribution is 2.28. The van der Waals surface area contributed by atoms with Crippen molar-refractivity contribution in [2.45, 2.75) is 0 Å². The lowest BCUT2D eigenvalue weighted by molar-refractivity contribution is -0.384. The Balaban J connectivity index is 2.34. The topological polar surface area (TPSA) is 80.1 Å². The number of nitro groups is 1. The molecule has 0 atom stereocenters. The number of halogens is 2. The molecule has 0 amide bonds. The van der Waals surface area contributed by atoms with E-state index >= 15 is 0 Å². The summed E-state index contributed by atoms with van der Waals surface area (Å²) in [5.74, 6) is 0.785. The van der Waals surface area contributed by atoms with Crippen LogP contribution in [0.25, 0.3) is 0 Å². The number of benzene rings is 1. The summed E-state index contributed by atoms with van der Waals surface area (Å²) in [5, 5.41) is 17.2. The molecule has 1 heterocycles. The van der Waals surface area contributed by atoms with Crippen molar-refractivity contribution in [3.05, 3.63) is 49.9 Å². The average Bonchev–Trinajstić information content (AvgIpc) is 2.42. The van der Waals surface area contributed by atoms with Gasteiger partial charge in [0.25, 0.3) is 5.69 Å². The van der Waals surface area contributed by atoms with E-state index in [1.165, 1.54) is 12.1 Å². The highest BCUT2D eigenvalue weighted by Gasteiger charge is 2.11. The van der Waals surface area contributed by atoms with Crippen LogP contribution >= 0.6 is 27.5 Å². The molecule has 1 aromatic carbocycles. The zero-order valence-electron chi connectivity index (χ0n) is 10.4. The quantitative estimate of drug-likeness (QED) is 0.633. The number of rotatable bonds is 4. The second-order valence-electron chi connectivity index (χ2n) is 3.86. The molecule has 0 aliphatic carbocycles. The molecule has 0 fully saturated rings. The van der Waals surface area contributed by atoms with E-state index in [0.29, 0.717) is 16.7 Å². The smallest absolute Gasteiger partial charge is 0.276 e. The van der Waals surface area contributed by atoms with Crippen molar-refractivity contribution in [3.8, 4) is 0 Å². The summed E-state index contributed by atoms with van der Waals surface area (Å²) in [6, 6.07) is 7.96. The first kappa shape index (κ1) is 14.5. The lowest BCUT2D eigenvalue weighted by atomic mass is 10.3.